The smallest absolute Gasteiger partial charge is 0.244 e. The van der Waals surface area contributed by atoms with Gasteiger partial charge in [0.15, 0.2) is 0 Å². The maximum absolute atomic E-state index is 12.4. The van der Waals surface area contributed by atoms with Gasteiger partial charge in [0.25, 0.3) is 0 Å². The first-order valence-electron chi connectivity index (χ1n) is 6.37. The summed E-state index contributed by atoms with van der Waals surface area (Å²) < 4.78 is 29.1. The summed E-state index contributed by atoms with van der Waals surface area (Å²) in [5.41, 5.74) is 0.0663. The fraction of sp³-hybridized carbons (Fsp3) is 0.769. The highest BCUT2D eigenvalue weighted by atomic mass is 32.2. The molecule has 5 nitrogen and oxygen atoms in total. The van der Waals surface area contributed by atoms with Gasteiger partial charge in [0, 0.05) is 18.8 Å². The van der Waals surface area contributed by atoms with Crippen molar-refractivity contribution in [2.45, 2.75) is 58.4 Å². The number of hydrogen-bond donors (Lipinski definition) is 1. The molecule has 0 bridgehead atoms. The third-order valence-electron chi connectivity index (χ3n) is 2.64. The van der Waals surface area contributed by atoms with Crippen molar-refractivity contribution in [1.29, 1.82) is 0 Å². The summed E-state index contributed by atoms with van der Waals surface area (Å²) in [6.45, 7) is 11.8. The van der Waals surface area contributed by atoms with Crippen molar-refractivity contribution in [2.24, 2.45) is 12.5 Å². The summed E-state index contributed by atoms with van der Waals surface area (Å²) in [5, 5.41) is 4.08. The zero-order valence-electron chi connectivity index (χ0n) is 12.9. The Hall–Kier alpha value is -0.880. The largest absolute Gasteiger partial charge is 0.274 e. The molecule has 0 aliphatic rings. The van der Waals surface area contributed by atoms with E-state index in [0.717, 1.165) is 6.42 Å². The van der Waals surface area contributed by atoms with E-state index in [9.17, 15) is 8.42 Å². The summed E-state index contributed by atoms with van der Waals surface area (Å²) in [7, 11) is -1.82. The molecule has 1 aromatic rings. The Bertz CT molecular complexity index is 551. The van der Waals surface area contributed by atoms with Crippen LogP contribution in [0.5, 0.6) is 0 Å². The average Bonchev–Trinajstić information content (AvgIpc) is 2.38. The molecule has 1 heterocycles. The van der Waals surface area contributed by atoms with Crippen LogP contribution in [-0.4, -0.2) is 23.7 Å². The third-order valence-corrected chi connectivity index (χ3v) is 4.44. The monoisotopic (exact) mass is 287 g/mol. The van der Waals surface area contributed by atoms with Crippen molar-refractivity contribution in [3.63, 3.8) is 0 Å². The van der Waals surface area contributed by atoms with Gasteiger partial charge in [0.1, 0.15) is 4.90 Å². The summed E-state index contributed by atoms with van der Waals surface area (Å²) >= 11 is 0. The summed E-state index contributed by atoms with van der Waals surface area (Å²) in [4.78, 5) is 0.247. The quantitative estimate of drug-likeness (QED) is 0.923. The molecule has 0 radical (unpaired) electrons. The fourth-order valence-electron chi connectivity index (χ4n) is 2.62. The maximum Gasteiger partial charge on any atom is 0.244 e. The van der Waals surface area contributed by atoms with Crippen LogP contribution in [0.2, 0.25) is 0 Å². The van der Waals surface area contributed by atoms with E-state index >= 15 is 0 Å². The number of aryl methyl sites for hydroxylation is 2. The van der Waals surface area contributed by atoms with E-state index in [2.05, 4.69) is 30.6 Å². The first-order valence-corrected chi connectivity index (χ1v) is 7.85. The molecule has 19 heavy (non-hydrogen) atoms. The highest BCUT2D eigenvalue weighted by Crippen LogP contribution is 2.28. The minimum absolute atomic E-state index is 0.0516. The molecule has 0 saturated carbocycles. The summed E-state index contributed by atoms with van der Waals surface area (Å²) in [5.74, 6) is 0. The van der Waals surface area contributed by atoms with Crippen molar-refractivity contribution in [3.05, 3.63) is 11.9 Å². The lowest BCUT2D eigenvalue weighted by atomic mass is 9.82. The van der Waals surface area contributed by atoms with Gasteiger partial charge in [-0.15, -0.1) is 0 Å². The summed E-state index contributed by atoms with van der Waals surface area (Å²) in [6.07, 6.45) is 2.28. The van der Waals surface area contributed by atoms with Crippen LogP contribution in [0.1, 0.15) is 46.7 Å². The highest BCUT2D eigenvalue weighted by Gasteiger charge is 2.31. The fourth-order valence-corrected chi connectivity index (χ4v) is 4.25. The number of hydrogen-bond acceptors (Lipinski definition) is 3. The van der Waals surface area contributed by atoms with Crippen LogP contribution < -0.4 is 4.72 Å². The highest BCUT2D eigenvalue weighted by molar-refractivity contribution is 7.89. The second kappa shape index (κ2) is 4.90. The Morgan fingerprint density at radius 3 is 2.16 bits per heavy atom. The number of aromatic nitrogens is 2. The molecular weight excluding hydrogens is 262 g/mol. The van der Waals surface area contributed by atoms with Gasteiger partial charge in [0.2, 0.25) is 10.0 Å². The molecule has 110 valence electrons. The van der Waals surface area contributed by atoms with Crippen LogP contribution in [0.3, 0.4) is 0 Å². The van der Waals surface area contributed by atoms with Gasteiger partial charge in [0.05, 0.1) is 5.69 Å². The SMILES string of the molecule is Cc1nn(C)cc1S(=O)(=O)NC(C)(C)CC(C)(C)C. The van der Waals surface area contributed by atoms with E-state index in [1.807, 2.05) is 13.8 Å². The van der Waals surface area contributed by atoms with Crippen LogP contribution in [0.4, 0.5) is 0 Å². The first kappa shape index (κ1) is 16.2. The Labute approximate surface area is 116 Å². The molecule has 0 unspecified atom stereocenters. The Balaban J connectivity index is 3.01. The van der Waals surface area contributed by atoms with Crippen LogP contribution in [0.25, 0.3) is 0 Å². The number of nitrogens with zero attached hydrogens (tertiary/aromatic N) is 2. The number of sulfonamides is 1. The normalized spacial score (nSPS) is 13.8. The second-order valence-corrected chi connectivity index (χ2v) is 8.63. The lowest BCUT2D eigenvalue weighted by molar-refractivity contribution is 0.269. The second-order valence-electron chi connectivity index (χ2n) is 6.98. The summed E-state index contributed by atoms with van der Waals surface area (Å²) in [6, 6.07) is 0. The van der Waals surface area contributed by atoms with E-state index in [-0.39, 0.29) is 10.3 Å². The van der Waals surface area contributed by atoms with Gasteiger partial charge in [-0.05, 0) is 32.6 Å². The van der Waals surface area contributed by atoms with Gasteiger partial charge >= 0.3 is 0 Å². The van der Waals surface area contributed by atoms with Crippen LogP contribution in [-0.2, 0) is 17.1 Å². The molecule has 1 aromatic heterocycles. The van der Waals surface area contributed by atoms with Crippen molar-refractivity contribution in [2.75, 3.05) is 0 Å². The Morgan fingerprint density at radius 1 is 1.26 bits per heavy atom. The maximum atomic E-state index is 12.4. The standard InChI is InChI=1S/C13H25N3O2S/c1-10-11(8-16(7)14-10)19(17,18)15-13(5,6)9-12(2,3)4/h8,15H,9H2,1-7H3. The minimum Gasteiger partial charge on any atom is -0.274 e. The van der Waals surface area contributed by atoms with Crippen LogP contribution in [0.15, 0.2) is 11.1 Å². The molecule has 0 spiro atoms. The van der Waals surface area contributed by atoms with Crippen LogP contribution >= 0.6 is 0 Å². The molecule has 0 fully saturated rings. The predicted molar refractivity (Wildman–Crippen MR) is 76.4 cm³/mol. The van der Waals surface area contributed by atoms with Gasteiger partial charge < -0.3 is 0 Å². The van der Waals surface area contributed by atoms with Crippen molar-refractivity contribution >= 4 is 10.0 Å². The van der Waals surface area contributed by atoms with Gasteiger partial charge in [-0.25, -0.2) is 13.1 Å². The van der Waals surface area contributed by atoms with E-state index in [1.165, 1.54) is 10.9 Å². The molecule has 6 heteroatoms. The van der Waals surface area contributed by atoms with Crippen molar-refractivity contribution in [3.8, 4) is 0 Å². The molecule has 1 rings (SSSR count). The minimum atomic E-state index is -3.53. The van der Waals surface area contributed by atoms with Gasteiger partial charge in [-0.3, -0.25) is 4.68 Å². The molecule has 0 aliphatic carbocycles. The molecule has 0 atom stereocenters. The first-order chi connectivity index (χ1) is 8.32. The van der Waals surface area contributed by atoms with E-state index in [0.29, 0.717) is 5.69 Å². The molecule has 0 saturated heterocycles. The topological polar surface area (TPSA) is 64.0 Å². The lowest BCUT2D eigenvalue weighted by Crippen LogP contribution is -2.45. The Morgan fingerprint density at radius 2 is 1.79 bits per heavy atom. The van der Waals surface area contributed by atoms with Crippen LogP contribution in [0, 0.1) is 12.3 Å². The Kier molecular flexibility index (Phi) is 4.17. The molecule has 0 aliphatic heterocycles. The number of rotatable bonds is 4. The van der Waals surface area contributed by atoms with E-state index < -0.39 is 15.6 Å². The zero-order chi connectivity index (χ0) is 15.1. The molecule has 0 amide bonds. The van der Waals surface area contributed by atoms with E-state index in [4.69, 9.17) is 0 Å². The average molecular weight is 287 g/mol. The zero-order valence-corrected chi connectivity index (χ0v) is 13.7. The van der Waals surface area contributed by atoms with Crippen molar-refractivity contribution < 1.29 is 8.42 Å². The number of nitrogens with one attached hydrogen (secondary N) is 1. The predicted octanol–water partition coefficient (Wildman–Crippen LogP) is 2.22. The molecular formula is C13H25N3O2S. The lowest BCUT2D eigenvalue weighted by Gasteiger charge is -2.32. The van der Waals surface area contributed by atoms with Crippen molar-refractivity contribution in [1.82, 2.24) is 14.5 Å². The van der Waals surface area contributed by atoms with Gasteiger partial charge in [-0.2, -0.15) is 5.10 Å². The molecule has 0 aromatic carbocycles. The molecule has 1 N–H and O–H groups in total. The van der Waals surface area contributed by atoms with E-state index in [1.54, 1.807) is 14.0 Å². The van der Waals surface area contributed by atoms with Gasteiger partial charge in [-0.1, -0.05) is 20.8 Å². The third kappa shape index (κ3) is 4.62.